The van der Waals surface area contributed by atoms with Gasteiger partial charge in [-0.3, -0.25) is 15.0 Å². The predicted octanol–water partition coefficient (Wildman–Crippen LogP) is 2.85. The predicted molar refractivity (Wildman–Crippen MR) is 114 cm³/mol. The molecule has 2 aromatic carbocycles. The van der Waals surface area contributed by atoms with Crippen LogP contribution in [0.25, 0.3) is 16.7 Å². The van der Waals surface area contributed by atoms with Crippen LogP contribution in [0, 0.1) is 0 Å². The molecule has 152 valence electrons. The maximum atomic E-state index is 12.7. The number of ether oxygens (including phenoxy) is 1. The smallest absolute Gasteiger partial charge is 0.283 e. The van der Waals surface area contributed by atoms with Crippen molar-refractivity contribution in [3.8, 4) is 11.4 Å². The molecule has 0 bridgehead atoms. The third kappa shape index (κ3) is 3.93. The van der Waals surface area contributed by atoms with Gasteiger partial charge in [0, 0.05) is 0 Å². The monoisotopic (exact) mass is 403 g/mol. The van der Waals surface area contributed by atoms with E-state index in [0.29, 0.717) is 22.7 Å². The highest BCUT2D eigenvalue weighted by atomic mass is 16.5. The maximum Gasteiger partial charge on any atom is 0.283 e. The number of carbonyl (C=O) groups excluding carboxylic acids is 1. The minimum absolute atomic E-state index is 0.227. The molecular weight excluding hydrogens is 382 g/mol. The Morgan fingerprint density at radius 1 is 1.10 bits per heavy atom. The lowest BCUT2D eigenvalue weighted by atomic mass is 10.0. The molecule has 0 aliphatic rings. The molecule has 2 heterocycles. The highest BCUT2D eigenvalue weighted by Gasteiger charge is 2.13. The molecule has 4 aromatic rings. The summed E-state index contributed by atoms with van der Waals surface area (Å²) in [6.45, 7) is 3.99. The average molecular weight is 403 g/mol. The molecule has 30 heavy (non-hydrogen) atoms. The van der Waals surface area contributed by atoms with Crippen LogP contribution in [0.3, 0.4) is 0 Å². The van der Waals surface area contributed by atoms with Crippen molar-refractivity contribution in [2.24, 2.45) is 0 Å². The van der Waals surface area contributed by atoms with Gasteiger partial charge in [0.15, 0.2) is 12.3 Å². The molecule has 2 aromatic heterocycles. The second-order valence-corrected chi connectivity index (χ2v) is 7.10. The van der Waals surface area contributed by atoms with E-state index in [9.17, 15) is 9.59 Å². The molecule has 8 heteroatoms. The Hall–Kier alpha value is -3.94. The van der Waals surface area contributed by atoms with Crippen molar-refractivity contribution in [1.29, 1.82) is 0 Å². The van der Waals surface area contributed by atoms with Crippen LogP contribution in [0.4, 0.5) is 0 Å². The van der Waals surface area contributed by atoms with E-state index in [-0.39, 0.29) is 6.61 Å². The van der Waals surface area contributed by atoms with Gasteiger partial charge >= 0.3 is 0 Å². The van der Waals surface area contributed by atoms with Crippen molar-refractivity contribution in [3.05, 3.63) is 83.0 Å². The first-order valence-electron chi connectivity index (χ1n) is 9.56. The van der Waals surface area contributed by atoms with Crippen molar-refractivity contribution >= 4 is 16.9 Å². The molecule has 1 N–H and O–H groups in total. The lowest BCUT2D eigenvalue weighted by molar-refractivity contribution is -0.119. The molecule has 0 radical (unpaired) electrons. The molecule has 0 unspecified atom stereocenters. The summed E-state index contributed by atoms with van der Waals surface area (Å²) in [7, 11) is 0. The number of benzene rings is 2. The topological polar surface area (TPSA) is 91.0 Å². The van der Waals surface area contributed by atoms with Crippen LogP contribution in [0.15, 0.2) is 71.9 Å². The van der Waals surface area contributed by atoms with Gasteiger partial charge in [-0.2, -0.15) is 5.10 Å². The summed E-state index contributed by atoms with van der Waals surface area (Å²) in [5, 5.41) is 4.54. The van der Waals surface area contributed by atoms with Gasteiger partial charge in [0.05, 0.1) is 11.9 Å². The minimum atomic E-state index is -0.471. The number of rotatable bonds is 6. The maximum absolute atomic E-state index is 12.7. The van der Waals surface area contributed by atoms with Crippen LogP contribution in [-0.2, 0) is 4.79 Å². The Morgan fingerprint density at radius 2 is 1.83 bits per heavy atom. The zero-order chi connectivity index (χ0) is 21.1. The van der Waals surface area contributed by atoms with Gasteiger partial charge in [0.2, 0.25) is 0 Å². The van der Waals surface area contributed by atoms with Crippen LogP contribution < -0.4 is 15.7 Å². The molecule has 0 spiro atoms. The summed E-state index contributed by atoms with van der Waals surface area (Å²) in [6, 6.07) is 16.9. The zero-order valence-electron chi connectivity index (χ0n) is 16.6. The molecular formula is C22H21N5O3. The van der Waals surface area contributed by atoms with E-state index in [0.717, 1.165) is 10.4 Å². The molecule has 8 nitrogen and oxygen atoms in total. The second kappa shape index (κ2) is 8.20. The summed E-state index contributed by atoms with van der Waals surface area (Å²) in [5.74, 6) is 0.532. The van der Waals surface area contributed by atoms with Gasteiger partial charge in [0.1, 0.15) is 17.5 Å². The SMILES string of the molecule is CC(C)c1ccc(OCC(=O)Nn2cnc3c(cnn3-c3ccccc3)c2=O)cc1. The average Bonchev–Trinajstić information content (AvgIpc) is 3.20. The number of fused-ring (bicyclic) bond motifs is 1. The fourth-order valence-electron chi connectivity index (χ4n) is 3.01. The lowest BCUT2D eigenvalue weighted by Crippen LogP contribution is -2.35. The van der Waals surface area contributed by atoms with Crippen molar-refractivity contribution < 1.29 is 9.53 Å². The fraction of sp³-hybridized carbons (Fsp3) is 0.182. The summed E-state index contributed by atoms with van der Waals surface area (Å²) < 4.78 is 8.11. The molecule has 0 aliphatic carbocycles. The Kier molecular flexibility index (Phi) is 5.30. The number of hydrogen-bond donors (Lipinski definition) is 1. The number of hydrogen-bond acceptors (Lipinski definition) is 5. The van der Waals surface area contributed by atoms with Crippen molar-refractivity contribution in [1.82, 2.24) is 19.4 Å². The van der Waals surface area contributed by atoms with E-state index in [1.807, 2.05) is 54.6 Å². The van der Waals surface area contributed by atoms with Gasteiger partial charge in [-0.1, -0.05) is 44.2 Å². The van der Waals surface area contributed by atoms with Crippen molar-refractivity contribution in [2.45, 2.75) is 19.8 Å². The van der Waals surface area contributed by atoms with Gasteiger partial charge < -0.3 is 4.74 Å². The van der Waals surface area contributed by atoms with E-state index >= 15 is 0 Å². The Bertz CT molecular complexity index is 1230. The number of amides is 1. The van der Waals surface area contributed by atoms with E-state index in [1.54, 1.807) is 4.68 Å². The van der Waals surface area contributed by atoms with E-state index in [4.69, 9.17) is 4.74 Å². The fourth-order valence-corrected chi connectivity index (χ4v) is 3.01. The van der Waals surface area contributed by atoms with E-state index < -0.39 is 11.5 Å². The standard InChI is InChI=1S/C22H21N5O3/c1-15(2)16-8-10-18(11-9-16)30-13-20(28)25-26-14-23-21-19(22(26)29)12-24-27(21)17-6-4-3-5-7-17/h3-12,14-15H,13H2,1-2H3,(H,25,28). The summed E-state index contributed by atoms with van der Waals surface area (Å²) in [4.78, 5) is 29.2. The Morgan fingerprint density at radius 3 is 2.53 bits per heavy atom. The van der Waals surface area contributed by atoms with Crippen molar-refractivity contribution in [2.75, 3.05) is 12.0 Å². The highest BCUT2D eigenvalue weighted by molar-refractivity contribution is 5.85. The van der Waals surface area contributed by atoms with Crippen LogP contribution in [0.5, 0.6) is 5.75 Å². The largest absolute Gasteiger partial charge is 0.484 e. The normalized spacial score (nSPS) is 11.0. The zero-order valence-corrected chi connectivity index (χ0v) is 16.6. The molecule has 0 saturated heterocycles. The lowest BCUT2D eigenvalue weighted by Gasteiger charge is -2.10. The molecule has 1 amide bonds. The summed E-state index contributed by atoms with van der Waals surface area (Å²) >= 11 is 0. The van der Waals surface area contributed by atoms with Gasteiger partial charge in [-0.05, 0) is 35.7 Å². The van der Waals surface area contributed by atoms with E-state index in [1.165, 1.54) is 18.1 Å². The molecule has 0 atom stereocenters. The van der Waals surface area contributed by atoms with Gasteiger partial charge in [-0.15, -0.1) is 0 Å². The van der Waals surface area contributed by atoms with Crippen LogP contribution >= 0.6 is 0 Å². The Labute approximate surface area is 172 Å². The first kappa shape index (κ1) is 19.4. The number of nitrogens with zero attached hydrogens (tertiary/aromatic N) is 4. The van der Waals surface area contributed by atoms with Crippen LogP contribution in [0.1, 0.15) is 25.3 Å². The number of aromatic nitrogens is 4. The van der Waals surface area contributed by atoms with Gasteiger partial charge in [-0.25, -0.2) is 14.3 Å². The van der Waals surface area contributed by atoms with Crippen LogP contribution in [0.2, 0.25) is 0 Å². The minimum Gasteiger partial charge on any atom is -0.484 e. The quantitative estimate of drug-likeness (QED) is 0.535. The van der Waals surface area contributed by atoms with E-state index in [2.05, 4.69) is 29.4 Å². The van der Waals surface area contributed by atoms with Gasteiger partial charge in [0.25, 0.3) is 11.5 Å². The highest BCUT2D eigenvalue weighted by Crippen LogP contribution is 2.18. The van der Waals surface area contributed by atoms with Crippen molar-refractivity contribution in [3.63, 3.8) is 0 Å². The number of para-hydroxylation sites is 1. The molecule has 0 saturated carbocycles. The number of nitrogens with one attached hydrogen (secondary N) is 1. The third-order valence-electron chi connectivity index (χ3n) is 4.65. The number of carbonyl (C=O) groups is 1. The summed E-state index contributed by atoms with van der Waals surface area (Å²) in [6.07, 6.45) is 2.70. The van der Waals surface area contributed by atoms with Crippen LogP contribution in [-0.4, -0.2) is 32.0 Å². The first-order valence-corrected chi connectivity index (χ1v) is 9.56. The summed E-state index contributed by atoms with van der Waals surface area (Å²) in [5.41, 5.74) is 4.47. The third-order valence-corrected chi connectivity index (χ3v) is 4.65. The second-order valence-electron chi connectivity index (χ2n) is 7.10. The Balaban J connectivity index is 1.46. The molecule has 0 aliphatic heterocycles. The molecule has 0 fully saturated rings. The molecule has 4 rings (SSSR count). The first-order chi connectivity index (χ1) is 14.5.